The van der Waals surface area contributed by atoms with Gasteiger partial charge in [0, 0.05) is 55.7 Å². The average molecular weight is 436 g/mol. The van der Waals surface area contributed by atoms with E-state index in [0.717, 1.165) is 54.3 Å². The molecule has 0 spiro atoms. The second kappa shape index (κ2) is 10.2. The van der Waals surface area contributed by atoms with Gasteiger partial charge < -0.3 is 15.6 Å². The fraction of sp³-hybridized carbons (Fsp3) is 0.450. The molecule has 2 aromatic rings. The molecule has 0 bridgehead atoms. The number of aliphatic hydroxyl groups is 1. The number of nitrogens with two attached hydrogens (primary N) is 1. The fourth-order valence-corrected chi connectivity index (χ4v) is 3.88. The summed E-state index contributed by atoms with van der Waals surface area (Å²) >= 11 is 7.71. The van der Waals surface area contributed by atoms with E-state index in [0.29, 0.717) is 15.9 Å². The Morgan fingerprint density at radius 2 is 2.24 bits per heavy atom. The highest BCUT2D eigenvalue weighted by Gasteiger charge is 2.16. The predicted molar refractivity (Wildman–Crippen MR) is 118 cm³/mol. The molecule has 0 radical (unpaired) electrons. The molecule has 1 aromatic carbocycles. The Labute approximate surface area is 179 Å². The first kappa shape index (κ1) is 21.7. The van der Waals surface area contributed by atoms with Crippen molar-refractivity contribution in [2.75, 3.05) is 26.2 Å². The van der Waals surface area contributed by atoms with Crippen molar-refractivity contribution in [1.29, 1.82) is 0 Å². The Hall–Kier alpha value is -2.00. The molecule has 0 atom stereocenters. The minimum atomic E-state index is 0.0573. The minimum Gasteiger partial charge on any atom is -0.489 e. The molecule has 0 saturated heterocycles. The molecule has 0 saturated carbocycles. The minimum absolute atomic E-state index is 0.0573. The van der Waals surface area contributed by atoms with Gasteiger partial charge in [-0.3, -0.25) is 4.90 Å². The van der Waals surface area contributed by atoms with E-state index in [9.17, 15) is 0 Å². The molecule has 1 aliphatic rings. The Balaban J connectivity index is 1.69. The number of aliphatic hydroxyl groups excluding tert-OH is 1. The van der Waals surface area contributed by atoms with E-state index in [4.69, 9.17) is 27.2 Å². The monoisotopic (exact) mass is 435 g/mol. The van der Waals surface area contributed by atoms with Crippen molar-refractivity contribution < 1.29 is 9.84 Å². The Morgan fingerprint density at radius 3 is 2.97 bits per heavy atom. The molecular formula is C20H26ClN5O2S. The zero-order valence-electron chi connectivity index (χ0n) is 16.6. The quantitative estimate of drug-likeness (QED) is 0.614. The van der Waals surface area contributed by atoms with Crippen LogP contribution >= 0.6 is 22.9 Å². The van der Waals surface area contributed by atoms with Crippen molar-refractivity contribution in [1.82, 2.24) is 15.1 Å². The van der Waals surface area contributed by atoms with Gasteiger partial charge in [0.1, 0.15) is 10.8 Å². The number of aromatic nitrogens is 2. The molecule has 0 fully saturated rings. The summed E-state index contributed by atoms with van der Waals surface area (Å²) in [5.41, 5.74) is 8.86. The maximum atomic E-state index is 9.01. The van der Waals surface area contributed by atoms with Gasteiger partial charge in [-0.25, -0.2) is 4.99 Å². The molecule has 2 heterocycles. The summed E-state index contributed by atoms with van der Waals surface area (Å²) in [7, 11) is 0. The second-order valence-electron chi connectivity index (χ2n) is 7.11. The van der Waals surface area contributed by atoms with Crippen LogP contribution in [0, 0.1) is 0 Å². The summed E-state index contributed by atoms with van der Waals surface area (Å²) in [6, 6.07) is 5.59. The molecule has 1 aromatic heterocycles. The number of rotatable bonds is 8. The van der Waals surface area contributed by atoms with Gasteiger partial charge in [0.15, 0.2) is 0 Å². The summed E-state index contributed by atoms with van der Waals surface area (Å²) in [4.78, 5) is 6.73. The van der Waals surface area contributed by atoms with Crippen molar-refractivity contribution in [3.05, 3.63) is 34.5 Å². The number of ether oxygens (including phenoxy) is 1. The molecule has 7 nitrogen and oxygen atoms in total. The number of hydrogen-bond acceptors (Lipinski definition) is 8. The van der Waals surface area contributed by atoms with Crippen LogP contribution in [-0.4, -0.2) is 58.8 Å². The van der Waals surface area contributed by atoms with Crippen molar-refractivity contribution in [3.8, 4) is 16.3 Å². The lowest BCUT2D eigenvalue weighted by atomic mass is 10.1. The first-order valence-corrected chi connectivity index (χ1v) is 10.8. The molecule has 29 heavy (non-hydrogen) atoms. The van der Waals surface area contributed by atoms with Crippen LogP contribution in [0.4, 0.5) is 5.13 Å². The van der Waals surface area contributed by atoms with Gasteiger partial charge in [-0.15, -0.1) is 10.2 Å². The second-order valence-corrected chi connectivity index (χ2v) is 8.48. The highest BCUT2D eigenvalue weighted by Crippen LogP contribution is 2.34. The third-order valence-electron chi connectivity index (χ3n) is 4.42. The largest absolute Gasteiger partial charge is 0.489 e. The van der Waals surface area contributed by atoms with Gasteiger partial charge in [0.2, 0.25) is 5.13 Å². The van der Waals surface area contributed by atoms with Crippen LogP contribution in [-0.2, 0) is 0 Å². The van der Waals surface area contributed by atoms with Crippen LogP contribution in [0.2, 0.25) is 5.02 Å². The van der Waals surface area contributed by atoms with Crippen LogP contribution in [0.15, 0.2) is 34.5 Å². The summed E-state index contributed by atoms with van der Waals surface area (Å²) in [6.07, 6.45) is 3.39. The Bertz CT molecular complexity index is 897. The first-order chi connectivity index (χ1) is 14.0. The summed E-state index contributed by atoms with van der Waals surface area (Å²) in [5.74, 6) is 0.652. The van der Waals surface area contributed by atoms with E-state index in [1.807, 2.05) is 32.0 Å². The predicted octanol–water partition coefficient (Wildman–Crippen LogP) is 3.65. The zero-order chi connectivity index (χ0) is 20.8. The topological polar surface area (TPSA) is 96.9 Å². The SMILES string of the molecule is CC(C)Oc1ccc(-c2nnc(N=CC3=C(N)CCN(CCCO)C3)s2)cc1Cl. The Morgan fingerprint density at radius 1 is 1.41 bits per heavy atom. The van der Waals surface area contributed by atoms with Gasteiger partial charge in [-0.1, -0.05) is 22.9 Å². The van der Waals surface area contributed by atoms with E-state index in [1.165, 1.54) is 11.3 Å². The summed E-state index contributed by atoms with van der Waals surface area (Å²) < 4.78 is 5.67. The number of aliphatic imine (C=N–C) groups is 1. The van der Waals surface area contributed by atoms with E-state index < -0.39 is 0 Å². The third kappa shape index (κ3) is 5.99. The number of halogens is 1. The van der Waals surface area contributed by atoms with E-state index in [-0.39, 0.29) is 12.7 Å². The lowest BCUT2D eigenvalue weighted by molar-refractivity contribution is 0.231. The Kier molecular flexibility index (Phi) is 7.60. The van der Waals surface area contributed by atoms with Gasteiger partial charge in [0.25, 0.3) is 0 Å². The van der Waals surface area contributed by atoms with Crippen LogP contribution < -0.4 is 10.5 Å². The molecule has 156 valence electrons. The van der Waals surface area contributed by atoms with Crippen LogP contribution in [0.3, 0.4) is 0 Å². The maximum Gasteiger partial charge on any atom is 0.231 e. The third-order valence-corrected chi connectivity index (χ3v) is 5.60. The molecule has 9 heteroatoms. The van der Waals surface area contributed by atoms with E-state index in [2.05, 4.69) is 20.1 Å². The first-order valence-electron chi connectivity index (χ1n) is 9.61. The van der Waals surface area contributed by atoms with Gasteiger partial charge in [0.05, 0.1) is 11.1 Å². The average Bonchev–Trinajstić information content (AvgIpc) is 3.16. The molecule has 3 N–H and O–H groups in total. The van der Waals surface area contributed by atoms with Gasteiger partial charge >= 0.3 is 0 Å². The standard InChI is InChI=1S/C20H26ClN5O2S/c1-13(2)28-18-5-4-14(10-16(18)21)19-24-25-20(29-19)23-11-15-12-26(7-3-9-27)8-6-17(15)22/h4-5,10-11,13,27H,3,6-9,12,22H2,1-2H3. The van der Waals surface area contributed by atoms with Crippen LogP contribution in [0.1, 0.15) is 26.7 Å². The summed E-state index contributed by atoms with van der Waals surface area (Å²) in [6.45, 7) is 6.60. The molecule has 0 aliphatic carbocycles. The summed E-state index contributed by atoms with van der Waals surface area (Å²) in [5, 5.41) is 19.2. The molecule has 1 aliphatic heterocycles. The van der Waals surface area contributed by atoms with Crippen molar-refractivity contribution in [2.24, 2.45) is 10.7 Å². The van der Waals surface area contributed by atoms with E-state index in [1.54, 1.807) is 6.21 Å². The highest BCUT2D eigenvalue weighted by atomic mass is 35.5. The van der Waals surface area contributed by atoms with Crippen molar-refractivity contribution in [3.63, 3.8) is 0 Å². The molecular weight excluding hydrogens is 410 g/mol. The normalized spacial score (nSPS) is 15.6. The lowest BCUT2D eigenvalue weighted by Crippen LogP contribution is -2.35. The number of hydrogen-bond donors (Lipinski definition) is 2. The smallest absolute Gasteiger partial charge is 0.231 e. The maximum absolute atomic E-state index is 9.01. The van der Waals surface area contributed by atoms with E-state index >= 15 is 0 Å². The van der Waals surface area contributed by atoms with Gasteiger partial charge in [-0.2, -0.15) is 0 Å². The molecule has 0 unspecified atom stereocenters. The number of nitrogens with zero attached hydrogens (tertiary/aromatic N) is 4. The van der Waals surface area contributed by atoms with Crippen LogP contribution in [0.5, 0.6) is 5.75 Å². The lowest BCUT2D eigenvalue weighted by Gasteiger charge is -2.27. The van der Waals surface area contributed by atoms with Crippen LogP contribution in [0.25, 0.3) is 10.6 Å². The fourth-order valence-electron chi connectivity index (χ4n) is 2.97. The van der Waals surface area contributed by atoms with Gasteiger partial charge in [-0.05, 0) is 38.5 Å². The van der Waals surface area contributed by atoms with Crippen molar-refractivity contribution >= 4 is 34.3 Å². The van der Waals surface area contributed by atoms with Crippen molar-refractivity contribution in [2.45, 2.75) is 32.8 Å². The molecule has 3 rings (SSSR count). The number of benzene rings is 1. The zero-order valence-corrected chi connectivity index (χ0v) is 18.2. The molecule has 0 amide bonds. The highest BCUT2D eigenvalue weighted by molar-refractivity contribution is 7.18.